The molecule has 0 saturated heterocycles. The number of amides is 1. The van der Waals surface area contributed by atoms with Crippen LogP contribution in [0.4, 0.5) is 23.4 Å². The molecule has 138 valence electrons. The second kappa shape index (κ2) is 6.39. The molecule has 2 aromatic rings. The summed E-state index contributed by atoms with van der Waals surface area (Å²) in [5, 5.41) is 10.2. The second-order valence-corrected chi connectivity index (χ2v) is 6.54. The number of anilines is 1. The number of rotatable bonds is 5. The molecule has 3 N–H and O–H groups in total. The van der Waals surface area contributed by atoms with Gasteiger partial charge in [0, 0.05) is 12.0 Å². The highest BCUT2D eigenvalue weighted by atomic mass is 35.5. The molecular formula is C16H13ClF4N4O. The maximum atomic E-state index is 13.7. The highest BCUT2D eigenvalue weighted by Gasteiger charge is 2.45. The van der Waals surface area contributed by atoms with E-state index in [4.69, 9.17) is 17.3 Å². The molecule has 1 aliphatic rings. The standard InChI is InChI=1S/C16H13ClF4N4O/c17-12-6-11(13(22)26)14(25-24-12)23-7-15(1-2-15)8-3-9(16(19,20)21)5-10(18)4-8/h3-6H,1-2,7H2,(H2,22,26)(H,23,25). The quantitative estimate of drug-likeness (QED) is 0.768. The van der Waals surface area contributed by atoms with E-state index in [1.54, 1.807) is 0 Å². The topological polar surface area (TPSA) is 80.9 Å². The molecular weight excluding hydrogens is 376 g/mol. The number of nitrogens with two attached hydrogens (primary N) is 1. The zero-order chi connectivity index (χ0) is 19.1. The monoisotopic (exact) mass is 388 g/mol. The van der Waals surface area contributed by atoms with Crippen LogP contribution in [0.25, 0.3) is 0 Å². The summed E-state index contributed by atoms with van der Waals surface area (Å²) in [5.74, 6) is -1.66. The molecule has 1 heterocycles. The van der Waals surface area contributed by atoms with Crippen molar-refractivity contribution in [3.63, 3.8) is 0 Å². The third-order valence-corrected chi connectivity index (χ3v) is 4.50. The van der Waals surface area contributed by atoms with Gasteiger partial charge in [0.1, 0.15) is 5.82 Å². The molecule has 1 saturated carbocycles. The number of hydrogen-bond acceptors (Lipinski definition) is 4. The van der Waals surface area contributed by atoms with Crippen molar-refractivity contribution in [3.8, 4) is 0 Å². The molecule has 1 aromatic carbocycles. The van der Waals surface area contributed by atoms with Crippen molar-refractivity contribution in [2.75, 3.05) is 11.9 Å². The molecule has 0 aliphatic heterocycles. The molecule has 26 heavy (non-hydrogen) atoms. The predicted octanol–water partition coefficient (Wildman–Crippen LogP) is 3.53. The van der Waals surface area contributed by atoms with E-state index in [0.29, 0.717) is 18.9 Å². The Morgan fingerprint density at radius 2 is 1.92 bits per heavy atom. The van der Waals surface area contributed by atoms with Crippen LogP contribution in [0.2, 0.25) is 5.15 Å². The number of nitrogens with zero attached hydrogens (tertiary/aromatic N) is 2. The highest BCUT2D eigenvalue weighted by molar-refractivity contribution is 6.29. The molecule has 0 unspecified atom stereocenters. The summed E-state index contributed by atoms with van der Waals surface area (Å²) in [4.78, 5) is 11.5. The Bertz CT molecular complexity index is 868. The van der Waals surface area contributed by atoms with Gasteiger partial charge in [0.2, 0.25) is 0 Å². The Morgan fingerprint density at radius 1 is 1.23 bits per heavy atom. The number of alkyl halides is 3. The number of halogens is 5. The number of nitrogens with one attached hydrogen (secondary N) is 1. The number of aromatic nitrogens is 2. The minimum absolute atomic E-state index is 0.0102. The molecule has 1 aromatic heterocycles. The lowest BCUT2D eigenvalue weighted by atomic mass is 9.93. The Morgan fingerprint density at radius 3 is 2.50 bits per heavy atom. The summed E-state index contributed by atoms with van der Waals surface area (Å²) < 4.78 is 52.4. The largest absolute Gasteiger partial charge is 0.416 e. The van der Waals surface area contributed by atoms with Gasteiger partial charge in [-0.1, -0.05) is 11.6 Å². The lowest BCUT2D eigenvalue weighted by Gasteiger charge is -2.19. The third-order valence-electron chi connectivity index (χ3n) is 4.31. The van der Waals surface area contributed by atoms with Crippen LogP contribution >= 0.6 is 11.6 Å². The first-order valence-corrected chi connectivity index (χ1v) is 7.94. The van der Waals surface area contributed by atoms with Crippen LogP contribution in [-0.4, -0.2) is 22.6 Å². The van der Waals surface area contributed by atoms with Crippen molar-refractivity contribution in [1.29, 1.82) is 0 Å². The van der Waals surface area contributed by atoms with Gasteiger partial charge in [0.15, 0.2) is 11.0 Å². The van der Waals surface area contributed by atoms with Gasteiger partial charge in [0.25, 0.3) is 5.91 Å². The normalized spacial score (nSPS) is 15.6. The molecule has 5 nitrogen and oxygen atoms in total. The van der Waals surface area contributed by atoms with Crippen LogP contribution in [0.15, 0.2) is 24.3 Å². The number of hydrogen-bond donors (Lipinski definition) is 2. The summed E-state index contributed by atoms with van der Waals surface area (Å²) in [6, 6.07) is 3.73. The van der Waals surface area contributed by atoms with Crippen LogP contribution in [0, 0.1) is 5.82 Å². The average Bonchev–Trinajstić information content (AvgIpc) is 3.33. The van der Waals surface area contributed by atoms with Gasteiger partial charge in [-0.3, -0.25) is 4.79 Å². The van der Waals surface area contributed by atoms with Gasteiger partial charge in [-0.15, -0.1) is 10.2 Å². The molecule has 1 amide bonds. The van der Waals surface area contributed by atoms with Gasteiger partial charge in [-0.25, -0.2) is 4.39 Å². The smallest absolute Gasteiger partial charge is 0.367 e. The molecule has 0 atom stereocenters. The number of benzene rings is 1. The van der Waals surface area contributed by atoms with Gasteiger partial charge in [-0.05, 0) is 42.7 Å². The average molecular weight is 389 g/mol. The first kappa shape index (κ1) is 18.4. The second-order valence-electron chi connectivity index (χ2n) is 6.15. The SMILES string of the molecule is NC(=O)c1cc(Cl)nnc1NCC1(c2cc(F)cc(C(F)(F)F)c2)CC1. The summed E-state index contributed by atoms with van der Waals surface area (Å²) in [7, 11) is 0. The van der Waals surface area contributed by atoms with E-state index in [9.17, 15) is 22.4 Å². The Balaban J connectivity index is 1.86. The molecule has 1 aliphatic carbocycles. The fraction of sp³-hybridized carbons (Fsp3) is 0.312. The lowest BCUT2D eigenvalue weighted by Crippen LogP contribution is -2.24. The lowest BCUT2D eigenvalue weighted by molar-refractivity contribution is -0.137. The summed E-state index contributed by atoms with van der Waals surface area (Å²) in [6.45, 7) is 0.143. The first-order chi connectivity index (χ1) is 12.1. The molecule has 3 rings (SSSR count). The Hall–Kier alpha value is -2.42. The fourth-order valence-corrected chi connectivity index (χ4v) is 2.86. The van der Waals surface area contributed by atoms with Crippen molar-refractivity contribution in [2.24, 2.45) is 5.73 Å². The summed E-state index contributed by atoms with van der Waals surface area (Å²) in [5.41, 5.74) is 3.78. The van der Waals surface area contributed by atoms with Gasteiger partial charge >= 0.3 is 6.18 Å². The summed E-state index contributed by atoms with van der Waals surface area (Å²) in [6.07, 6.45) is -3.51. The number of primary amides is 1. The van der Waals surface area contributed by atoms with Gasteiger partial charge < -0.3 is 11.1 Å². The maximum absolute atomic E-state index is 13.7. The van der Waals surface area contributed by atoms with Crippen LogP contribution < -0.4 is 11.1 Å². The fourth-order valence-electron chi connectivity index (χ4n) is 2.72. The van der Waals surface area contributed by atoms with Crippen LogP contribution in [0.1, 0.15) is 34.3 Å². The van der Waals surface area contributed by atoms with Crippen molar-refractivity contribution in [1.82, 2.24) is 10.2 Å². The molecule has 0 bridgehead atoms. The zero-order valence-electron chi connectivity index (χ0n) is 13.2. The maximum Gasteiger partial charge on any atom is 0.416 e. The molecule has 10 heteroatoms. The van der Waals surface area contributed by atoms with E-state index in [1.807, 2.05) is 0 Å². The van der Waals surface area contributed by atoms with E-state index >= 15 is 0 Å². The van der Waals surface area contributed by atoms with E-state index in [0.717, 1.165) is 12.1 Å². The molecule has 0 radical (unpaired) electrons. The van der Waals surface area contributed by atoms with Gasteiger partial charge in [-0.2, -0.15) is 13.2 Å². The predicted molar refractivity (Wildman–Crippen MR) is 86.4 cm³/mol. The van der Waals surface area contributed by atoms with Crippen molar-refractivity contribution in [3.05, 3.63) is 51.9 Å². The van der Waals surface area contributed by atoms with Crippen molar-refractivity contribution in [2.45, 2.75) is 24.4 Å². The van der Waals surface area contributed by atoms with Crippen LogP contribution in [0.5, 0.6) is 0 Å². The van der Waals surface area contributed by atoms with Crippen LogP contribution in [0.3, 0.4) is 0 Å². The third kappa shape index (κ3) is 3.72. The van der Waals surface area contributed by atoms with Crippen LogP contribution in [-0.2, 0) is 11.6 Å². The first-order valence-electron chi connectivity index (χ1n) is 7.56. The van der Waals surface area contributed by atoms with E-state index in [-0.39, 0.29) is 28.6 Å². The summed E-state index contributed by atoms with van der Waals surface area (Å²) >= 11 is 5.68. The Labute approximate surface area is 150 Å². The van der Waals surface area contributed by atoms with E-state index < -0.39 is 28.9 Å². The minimum Gasteiger partial charge on any atom is -0.367 e. The number of carbonyl (C=O) groups excluding carboxylic acids is 1. The Kier molecular flexibility index (Phi) is 4.51. The highest BCUT2D eigenvalue weighted by Crippen LogP contribution is 2.49. The van der Waals surface area contributed by atoms with Crippen molar-refractivity contribution >= 4 is 23.3 Å². The van der Waals surface area contributed by atoms with E-state index in [1.165, 1.54) is 6.07 Å². The molecule has 0 spiro atoms. The van der Waals surface area contributed by atoms with E-state index in [2.05, 4.69) is 15.5 Å². The number of carbonyl (C=O) groups is 1. The van der Waals surface area contributed by atoms with Crippen molar-refractivity contribution < 1.29 is 22.4 Å². The molecule has 1 fully saturated rings. The van der Waals surface area contributed by atoms with Gasteiger partial charge in [0.05, 0.1) is 11.1 Å². The minimum atomic E-state index is -4.64. The zero-order valence-corrected chi connectivity index (χ0v) is 14.0.